The van der Waals surface area contributed by atoms with Crippen molar-refractivity contribution in [3.05, 3.63) is 60.7 Å². The van der Waals surface area contributed by atoms with Crippen molar-refractivity contribution in [1.29, 1.82) is 0 Å². The summed E-state index contributed by atoms with van der Waals surface area (Å²) in [5.74, 6) is 2.01. The van der Waals surface area contributed by atoms with E-state index in [-0.39, 0.29) is 0 Å². The fraction of sp³-hybridized carbons (Fsp3) is 0.235. The molecule has 3 heteroatoms. The molecule has 0 saturated heterocycles. The Bertz CT molecular complexity index is 698. The summed E-state index contributed by atoms with van der Waals surface area (Å²) in [6.45, 7) is 3.67. The van der Waals surface area contributed by atoms with E-state index in [1.807, 2.05) is 43.6 Å². The number of benzene rings is 2. The van der Waals surface area contributed by atoms with Gasteiger partial charge in [0.1, 0.15) is 11.6 Å². The van der Waals surface area contributed by atoms with Gasteiger partial charge in [0.25, 0.3) is 0 Å². The predicted octanol–water partition coefficient (Wildman–Crippen LogP) is 3.81. The number of aromatic nitrogens is 2. The second-order valence-corrected chi connectivity index (χ2v) is 4.85. The maximum atomic E-state index is 5.92. The summed E-state index contributed by atoms with van der Waals surface area (Å²) in [5, 5.41) is 2.39. The van der Waals surface area contributed by atoms with Crippen LogP contribution in [0.5, 0.6) is 5.75 Å². The van der Waals surface area contributed by atoms with Crippen molar-refractivity contribution in [2.75, 3.05) is 6.61 Å². The molecule has 102 valence electrons. The highest BCUT2D eigenvalue weighted by Crippen LogP contribution is 2.25. The van der Waals surface area contributed by atoms with Crippen LogP contribution in [0.1, 0.15) is 12.2 Å². The lowest BCUT2D eigenvalue weighted by atomic mass is 10.1. The Morgan fingerprint density at radius 2 is 1.95 bits per heavy atom. The minimum atomic E-state index is 0.714. The lowest BCUT2D eigenvalue weighted by Crippen LogP contribution is -2.05. The molecule has 0 saturated carbocycles. The molecule has 20 heavy (non-hydrogen) atoms. The van der Waals surface area contributed by atoms with Gasteiger partial charge >= 0.3 is 0 Å². The van der Waals surface area contributed by atoms with Crippen LogP contribution >= 0.6 is 0 Å². The molecule has 0 aliphatic carbocycles. The van der Waals surface area contributed by atoms with Crippen molar-refractivity contribution < 1.29 is 4.74 Å². The second kappa shape index (κ2) is 5.78. The molecule has 3 rings (SSSR count). The Kier molecular flexibility index (Phi) is 3.68. The largest absolute Gasteiger partial charge is 0.493 e. The third-order valence-electron chi connectivity index (χ3n) is 3.47. The third-order valence-corrected chi connectivity index (χ3v) is 3.47. The second-order valence-electron chi connectivity index (χ2n) is 4.85. The standard InChI is InChI=1S/C17H18N2O/c1-14-18-10-12-19(14)11-5-13-20-17-9-4-7-15-6-2-3-8-16(15)17/h2-4,6-10,12H,5,11,13H2,1H3. The molecule has 0 unspecified atom stereocenters. The van der Waals surface area contributed by atoms with Gasteiger partial charge in [-0.3, -0.25) is 0 Å². The average Bonchev–Trinajstić information content (AvgIpc) is 2.89. The number of rotatable bonds is 5. The van der Waals surface area contributed by atoms with Crippen molar-refractivity contribution in [2.45, 2.75) is 19.9 Å². The van der Waals surface area contributed by atoms with Crippen molar-refractivity contribution in [1.82, 2.24) is 9.55 Å². The summed E-state index contributed by atoms with van der Waals surface area (Å²) in [6.07, 6.45) is 4.81. The van der Waals surface area contributed by atoms with Crippen LogP contribution in [-0.2, 0) is 6.54 Å². The Hall–Kier alpha value is -2.29. The topological polar surface area (TPSA) is 27.1 Å². The number of nitrogens with zero attached hydrogens (tertiary/aromatic N) is 2. The van der Waals surface area contributed by atoms with Gasteiger partial charge in [0.15, 0.2) is 0 Å². The lowest BCUT2D eigenvalue weighted by Gasteiger charge is -2.10. The maximum absolute atomic E-state index is 5.92. The molecule has 3 nitrogen and oxygen atoms in total. The summed E-state index contributed by atoms with van der Waals surface area (Å²) in [7, 11) is 0. The Morgan fingerprint density at radius 1 is 1.10 bits per heavy atom. The SMILES string of the molecule is Cc1nccn1CCCOc1cccc2ccccc12. The van der Waals surface area contributed by atoms with Gasteiger partial charge in [-0.25, -0.2) is 4.98 Å². The van der Waals surface area contributed by atoms with Crippen LogP contribution in [0, 0.1) is 6.92 Å². The average molecular weight is 266 g/mol. The molecule has 1 aromatic heterocycles. The van der Waals surface area contributed by atoms with E-state index >= 15 is 0 Å². The summed E-state index contributed by atoms with van der Waals surface area (Å²) in [5.41, 5.74) is 0. The Labute approximate surface area is 118 Å². The molecule has 1 heterocycles. The van der Waals surface area contributed by atoms with E-state index in [9.17, 15) is 0 Å². The summed E-state index contributed by atoms with van der Waals surface area (Å²) >= 11 is 0. The molecule has 0 N–H and O–H groups in total. The van der Waals surface area contributed by atoms with Crippen LogP contribution in [0.4, 0.5) is 0 Å². The summed E-state index contributed by atoms with van der Waals surface area (Å²) in [6, 6.07) is 14.5. The number of hydrogen-bond acceptors (Lipinski definition) is 2. The van der Waals surface area contributed by atoms with Gasteiger partial charge < -0.3 is 9.30 Å². The third kappa shape index (κ3) is 2.67. The zero-order chi connectivity index (χ0) is 13.8. The number of aryl methyl sites for hydroxylation is 2. The summed E-state index contributed by atoms with van der Waals surface area (Å²) < 4.78 is 8.07. The normalized spacial score (nSPS) is 10.8. The van der Waals surface area contributed by atoms with E-state index < -0.39 is 0 Å². The van der Waals surface area contributed by atoms with E-state index in [0.29, 0.717) is 6.61 Å². The lowest BCUT2D eigenvalue weighted by molar-refractivity contribution is 0.304. The van der Waals surface area contributed by atoms with Crippen LogP contribution in [-0.4, -0.2) is 16.2 Å². The van der Waals surface area contributed by atoms with Gasteiger partial charge in [0, 0.05) is 24.3 Å². The highest BCUT2D eigenvalue weighted by Gasteiger charge is 2.01. The molecule has 0 radical (unpaired) electrons. The van der Waals surface area contributed by atoms with Gasteiger partial charge in [0.2, 0.25) is 0 Å². The van der Waals surface area contributed by atoms with Gasteiger partial charge in [-0.15, -0.1) is 0 Å². The smallest absolute Gasteiger partial charge is 0.127 e. The van der Waals surface area contributed by atoms with Crippen LogP contribution < -0.4 is 4.74 Å². The van der Waals surface area contributed by atoms with E-state index in [1.165, 1.54) is 10.8 Å². The molecular formula is C17H18N2O. The molecule has 0 fully saturated rings. The molecule has 0 aliphatic heterocycles. The van der Waals surface area contributed by atoms with Gasteiger partial charge in [0.05, 0.1) is 6.61 Å². The molecule has 2 aromatic carbocycles. The van der Waals surface area contributed by atoms with Crippen molar-refractivity contribution in [2.24, 2.45) is 0 Å². The molecule has 0 amide bonds. The first-order valence-corrected chi connectivity index (χ1v) is 6.93. The first-order valence-electron chi connectivity index (χ1n) is 6.93. The first-order chi connectivity index (χ1) is 9.84. The van der Waals surface area contributed by atoms with Crippen LogP contribution in [0.2, 0.25) is 0 Å². The fourth-order valence-electron chi connectivity index (χ4n) is 2.38. The van der Waals surface area contributed by atoms with Crippen LogP contribution in [0.25, 0.3) is 10.8 Å². The predicted molar refractivity (Wildman–Crippen MR) is 81.0 cm³/mol. The van der Waals surface area contributed by atoms with Gasteiger partial charge in [-0.1, -0.05) is 36.4 Å². The number of ether oxygens (including phenoxy) is 1. The van der Waals surface area contributed by atoms with E-state index in [1.54, 1.807) is 0 Å². The quantitative estimate of drug-likeness (QED) is 0.656. The zero-order valence-electron chi connectivity index (χ0n) is 11.6. The van der Waals surface area contributed by atoms with Crippen molar-refractivity contribution in [3.63, 3.8) is 0 Å². The molecule has 0 spiro atoms. The zero-order valence-corrected chi connectivity index (χ0v) is 11.6. The Balaban J connectivity index is 1.62. The van der Waals surface area contributed by atoms with Gasteiger partial charge in [-0.05, 0) is 24.8 Å². The van der Waals surface area contributed by atoms with Crippen molar-refractivity contribution >= 4 is 10.8 Å². The minimum Gasteiger partial charge on any atom is -0.493 e. The van der Waals surface area contributed by atoms with Gasteiger partial charge in [-0.2, -0.15) is 0 Å². The highest BCUT2D eigenvalue weighted by atomic mass is 16.5. The maximum Gasteiger partial charge on any atom is 0.127 e. The van der Waals surface area contributed by atoms with E-state index in [2.05, 4.69) is 27.8 Å². The fourth-order valence-corrected chi connectivity index (χ4v) is 2.38. The number of imidazole rings is 1. The first kappa shape index (κ1) is 12.7. The Morgan fingerprint density at radius 3 is 2.80 bits per heavy atom. The van der Waals surface area contributed by atoms with Crippen molar-refractivity contribution in [3.8, 4) is 5.75 Å². The highest BCUT2D eigenvalue weighted by molar-refractivity contribution is 5.88. The van der Waals surface area contributed by atoms with E-state index in [4.69, 9.17) is 4.74 Å². The molecule has 0 atom stereocenters. The monoisotopic (exact) mass is 266 g/mol. The number of fused-ring (bicyclic) bond motifs is 1. The minimum absolute atomic E-state index is 0.714. The van der Waals surface area contributed by atoms with Crippen LogP contribution in [0.3, 0.4) is 0 Å². The molecule has 0 bridgehead atoms. The molecular weight excluding hydrogens is 248 g/mol. The summed E-state index contributed by atoms with van der Waals surface area (Å²) in [4.78, 5) is 4.22. The van der Waals surface area contributed by atoms with E-state index in [0.717, 1.165) is 24.5 Å². The number of hydrogen-bond donors (Lipinski definition) is 0. The molecule has 3 aromatic rings. The molecule has 0 aliphatic rings. The van der Waals surface area contributed by atoms with Crippen LogP contribution in [0.15, 0.2) is 54.9 Å².